The molecule has 1 aromatic rings. The topological polar surface area (TPSA) is 52.5 Å². The fourth-order valence-corrected chi connectivity index (χ4v) is 3.03. The minimum absolute atomic E-state index is 0.106. The Hall–Kier alpha value is -1.22. The Labute approximate surface area is 115 Å². The van der Waals surface area contributed by atoms with Crippen molar-refractivity contribution in [3.8, 4) is 11.5 Å². The van der Waals surface area contributed by atoms with Gasteiger partial charge in [-0.15, -0.1) is 0 Å². The SMILES string of the molecule is CC(NCC1CCCCC1C)c1ccc(O)cc1O. The molecule has 19 heavy (non-hydrogen) atoms. The summed E-state index contributed by atoms with van der Waals surface area (Å²) in [5.74, 6) is 1.81. The van der Waals surface area contributed by atoms with Gasteiger partial charge in [0.1, 0.15) is 11.5 Å². The molecule has 0 bridgehead atoms. The molecule has 0 aromatic heterocycles. The van der Waals surface area contributed by atoms with Gasteiger partial charge in [-0.1, -0.05) is 32.3 Å². The zero-order chi connectivity index (χ0) is 13.8. The van der Waals surface area contributed by atoms with Gasteiger partial charge in [-0.25, -0.2) is 0 Å². The molecule has 3 nitrogen and oxygen atoms in total. The molecule has 1 aliphatic carbocycles. The Kier molecular flexibility index (Phi) is 4.70. The van der Waals surface area contributed by atoms with Crippen molar-refractivity contribution >= 4 is 0 Å². The summed E-state index contributed by atoms with van der Waals surface area (Å²) in [7, 11) is 0. The third-order valence-electron chi connectivity index (χ3n) is 4.46. The molecule has 0 aliphatic heterocycles. The van der Waals surface area contributed by atoms with E-state index in [2.05, 4.69) is 19.2 Å². The fourth-order valence-electron chi connectivity index (χ4n) is 3.03. The lowest BCUT2D eigenvalue weighted by Gasteiger charge is -2.30. The standard InChI is InChI=1S/C16H25NO2/c1-11-5-3-4-6-13(11)10-17-12(2)15-8-7-14(18)9-16(15)19/h7-9,11-13,17-19H,3-6,10H2,1-2H3. The van der Waals surface area contributed by atoms with E-state index in [-0.39, 0.29) is 17.5 Å². The van der Waals surface area contributed by atoms with E-state index in [1.807, 2.05) is 0 Å². The number of phenolic OH excluding ortho intramolecular Hbond substituents is 2. The van der Waals surface area contributed by atoms with Crippen LogP contribution >= 0.6 is 0 Å². The predicted octanol–water partition coefficient (Wildman–Crippen LogP) is 3.57. The molecule has 0 saturated heterocycles. The van der Waals surface area contributed by atoms with Crippen molar-refractivity contribution in [3.05, 3.63) is 23.8 Å². The Bertz CT molecular complexity index is 419. The van der Waals surface area contributed by atoms with Crippen LogP contribution in [0.15, 0.2) is 18.2 Å². The molecule has 0 spiro atoms. The summed E-state index contributed by atoms with van der Waals surface area (Å²) in [4.78, 5) is 0. The second-order valence-electron chi connectivity index (χ2n) is 5.89. The van der Waals surface area contributed by atoms with E-state index in [9.17, 15) is 10.2 Å². The van der Waals surface area contributed by atoms with Crippen LogP contribution in [-0.4, -0.2) is 16.8 Å². The molecular formula is C16H25NO2. The summed E-state index contributed by atoms with van der Waals surface area (Å²) < 4.78 is 0. The first-order valence-electron chi connectivity index (χ1n) is 7.33. The average Bonchev–Trinajstić information content (AvgIpc) is 2.37. The lowest BCUT2D eigenvalue weighted by Crippen LogP contribution is -2.31. The zero-order valence-corrected chi connectivity index (χ0v) is 11.9. The van der Waals surface area contributed by atoms with Crippen molar-refractivity contribution in [2.24, 2.45) is 11.8 Å². The van der Waals surface area contributed by atoms with E-state index >= 15 is 0 Å². The third-order valence-corrected chi connectivity index (χ3v) is 4.46. The largest absolute Gasteiger partial charge is 0.508 e. The van der Waals surface area contributed by atoms with E-state index in [1.165, 1.54) is 31.7 Å². The highest BCUT2D eigenvalue weighted by Gasteiger charge is 2.22. The maximum Gasteiger partial charge on any atom is 0.124 e. The highest BCUT2D eigenvalue weighted by atomic mass is 16.3. The fraction of sp³-hybridized carbons (Fsp3) is 0.625. The number of phenols is 2. The summed E-state index contributed by atoms with van der Waals surface area (Å²) in [6.07, 6.45) is 5.36. The molecule has 3 heteroatoms. The van der Waals surface area contributed by atoms with Crippen LogP contribution in [0.2, 0.25) is 0 Å². The van der Waals surface area contributed by atoms with Gasteiger partial charge >= 0.3 is 0 Å². The van der Waals surface area contributed by atoms with Gasteiger partial charge < -0.3 is 15.5 Å². The number of aromatic hydroxyl groups is 2. The number of hydrogen-bond donors (Lipinski definition) is 3. The molecule has 106 valence electrons. The van der Waals surface area contributed by atoms with Gasteiger partial charge in [-0.3, -0.25) is 0 Å². The highest BCUT2D eigenvalue weighted by molar-refractivity contribution is 5.40. The van der Waals surface area contributed by atoms with E-state index in [1.54, 1.807) is 12.1 Å². The monoisotopic (exact) mass is 263 g/mol. The molecular weight excluding hydrogens is 238 g/mol. The second-order valence-corrected chi connectivity index (χ2v) is 5.89. The molecule has 1 aliphatic rings. The van der Waals surface area contributed by atoms with Crippen LogP contribution in [0, 0.1) is 11.8 Å². The van der Waals surface area contributed by atoms with Gasteiger partial charge in [0.2, 0.25) is 0 Å². The maximum absolute atomic E-state index is 9.85. The van der Waals surface area contributed by atoms with Crippen LogP contribution in [0.25, 0.3) is 0 Å². The third kappa shape index (κ3) is 3.63. The Morgan fingerprint density at radius 1 is 1.26 bits per heavy atom. The van der Waals surface area contributed by atoms with Crippen molar-refractivity contribution in [3.63, 3.8) is 0 Å². The number of nitrogens with one attached hydrogen (secondary N) is 1. The molecule has 1 fully saturated rings. The summed E-state index contributed by atoms with van der Waals surface area (Å²) in [5.41, 5.74) is 0.848. The van der Waals surface area contributed by atoms with Crippen LogP contribution in [-0.2, 0) is 0 Å². The van der Waals surface area contributed by atoms with E-state index < -0.39 is 0 Å². The number of rotatable bonds is 4. The van der Waals surface area contributed by atoms with Crippen LogP contribution < -0.4 is 5.32 Å². The van der Waals surface area contributed by atoms with Crippen LogP contribution in [0.3, 0.4) is 0 Å². The maximum atomic E-state index is 9.85. The lowest BCUT2D eigenvalue weighted by molar-refractivity contribution is 0.242. The highest BCUT2D eigenvalue weighted by Crippen LogP contribution is 2.31. The summed E-state index contributed by atoms with van der Waals surface area (Å²) in [6.45, 7) is 5.40. The minimum atomic E-state index is 0.106. The first-order chi connectivity index (χ1) is 9.08. The molecule has 1 aromatic carbocycles. The molecule has 3 atom stereocenters. The smallest absolute Gasteiger partial charge is 0.124 e. The quantitative estimate of drug-likeness (QED) is 0.778. The molecule has 0 radical (unpaired) electrons. The Morgan fingerprint density at radius 3 is 2.68 bits per heavy atom. The van der Waals surface area contributed by atoms with E-state index in [4.69, 9.17) is 0 Å². The summed E-state index contributed by atoms with van der Waals surface area (Å²) in [5, 5.41) is 22.7. The van der Waals surface area contributed by atoms with Crippen molar-refractivity contribution in [2.75, 3.05) is 6.54 Å². The molecule has 2 rings (SSSR count). The van der Waals surface area contributed by atoms with Gasteiger partial charge in [0.15, 0.2) is 0 Å². The lowest BCUT2D eigenvalue weighted by atomic mass is 9.80. The summed E-state index contributed by atoms with van der Waals surface area (Å²) in [6, 6.07) is 4.91. The number of hydrogen-bond acceptors (Lipinski definition) is 3. The zero-order valence-electron chi connectivity index (χ0n) is 11.9. The summed E-state index contributed by atoms with van der Waals surface area (Å²) >= 11 is 0. The van der Waals surface area contributed by atoms with Gasteiger partial charge in [0.05, 0.1) is 0 Å². The van der Waals surface area contributed by atoms with E-state index in [0.717, 1.165) is 23.9 Å². The minimum Gasteiger partial charge on any atom is -0.508 e. The van der Waals surface area contributed by atoms with Gasteiger partial charge in [0, 0.05) is 17.7 Å². The van der Waals surface area contributed by atoms with Gasteiger partial charge in [-0.05, 0) is 37.8 Å². The molecule has 1 saturated carbocycles. The first-order valence-corrected chi connectivity index (χ1v) is 7.33. The molecule has 3 N–H and O–H groups in total. The molecule has 0 amide bonds. The van der Waals surface area contributed by atoms with Gasteiger partial charge in [-0.2, -0.15) is 0 Å². The predicted molar refractivity (Wildman–Crippen MR) is 77.3 cm³/mol. The van der Waals surface area contributed by atoms with Crippen LogP contribution in [0.5, 0.6) is 11.5 Å². The van der Waals surface area contributed by atoms with Crippen molar-refractivity contribution in [1.29, 1.82) is 0 Å². The Balaban J connectivity index is 1.91. The van der Waals surface area contributed by atoms with Crippen molar-refractivity contribution in [2.45, 2.75) is 45.6 Å². The second kappa shape index (κ2) is 6.29. The first kappa shape index (κ1) is 14.2. The van der Waals surface area contributed by atoms with Crippen molar-refractivity contribution in [1.82, 2.24) is 5.32 Å². The number of benzene rings is 1. The molecule has 0 heterocycles. The Morgan fingerprint density at radius 2 is 2.00 bits per heavy atom. The van der Waals surface area contributed by atoms with Crippen molar-refractivity contribution < 1.29 is 10.2 Å². The van der Waals surface area contributed by atoms with Crippen LogP contribution in [0.1, 0.15) is 51.1 Å². The van der Waals surface area contributed by atoms with Gasteiger partial charge in [0.25, 0.3) is 0 Å². The van der Waals surface area contributed by atoms with Crippen LogP contribution in [0.4, 0.5) is 0 Å². The molecule has 3 unspecified atom stereocenters. The normalized spacial score (nSPS) is 25.2. The van der Waals surface area contributed by atoms with E-state index in [0.29, 0.717) is 0 Å². The average molecular weight is 263 g/mol.